The molecule has 9 heteroatoms. The van der Waals surface area contributed by atoms with Crippen molar-refractivity contribution in [3.05, 3.63) is 59.7 Å². The van der Waals surface area contributed by atoms with E-state index in [2.05, 4.69) is 25.5 Å². The fourth-order valence-corrected chi connectivity index (χ4v) is 3.15. The largest absolute Gasteiger partial charge is 0.497 e. The van der Waals surface area contributed by atoms with E-state index in [0.29, 0.717) is 28.0 Å². The Morgan fingerprint density at radius 3 is 2.68 bits per heavy atom. The Morgan fingerprint density at radius 1 is 1.18 bits per heavy atom. The van der Waals surface area contributed by atoms with Crippen LogP contribution in [0.3, 0.4) is 0 Å². The molecule has 140 valence electrons. The van der Waals surface area contributed by atoms with Crippen LogP contribution in [0.15, 0.2) is 54.0 Å². The number of benzene rings is 2. The van der Waals surface area contributed by atoms with Crippen molar-refractivity contribution in [3.8, 4) is 28.4 Å². The number of nitrogens with two attached hydrogens (primary N) is 1. The normalized spacial score (nSPS) is 10.6. The van der Waals surface area contributed by atoms with Crippen molar-refractivity contribution >= 4 is 28.1 Å². The van der Waals surface area contributed by atoms with Crippen LogP contribution in [-0.2, 0) is 0 Å². The summed E-state index contributed by atoms with van der Waals surface area (Å²) in [4.78, 5) is 20.6. The molecule has 4 aromatic rings. The number of hydrogen-bond acceptors (Lipinski definition) is 7. The summed E-state index contributed by atoms with van der Waals surface area (Å²) >= 11 is 1.24. The Morgan fingerprint density at radius 2 is 2.00 bits per heavy atom. The zero-order valence-electron chi connectivity index (χ0n) is 14.8. The molecule has 8 nitrogen and oxygen atoms in total. The molecule has 4 N–H and O–H groups in total. The quantitative estimate of drug-likeness (QED) is 0.448. The van der Waals surface area contributed by atoms with Crippen LogP contribution in [0.5, 0.6) is 5.75 Å². The molecule has 1 amide bonds. The number of rotatable bonds is 5. The zero-order valence-corrected chi connectivity index (χ0v) is 15.7. The van der Waals surface area contributed by atoms with Crippen molar-refractivity contribution in [3.63, 3.8) is 0 Å². The molecule has 0 unspecified atom stereocenters. The summed E-state index contributed by atoms with van der Waals surface area (Å²) in [6, 6.07) is 14.6. The summed E-state index contributed by atoms with van der Waals surface area (Å²) in [7, 11) is 1.60. The Labute approximate surface area is 164 Å². The van der Waals surface area contributed by atoms with Crippen LogP contribution in [-0.4, -0.2) is 33.2 Å². The van der Waals surface area contributed by atoms with Gasteiger partial charge in [-0.1, -0.05) is 23.5 Å². The minimum Gasteiger partial charge on any atom is -0.497 e. The van der Waals surface area contributed by atoms with E-state index in [1.54, 1.807) is 24.8 Å². The summed E-state index contributed by atoms with van der Waals surface area (Å²) in [5, 5.41) is 10.7. The van der Waals surface area contributed by atoms with Gasteiger partial charge in [-0.05, 0) is 36.4 Å². The molecule has 0 saturated carbocycles. The Kier molecular flexibility index (Phi) is 4.73. The van der Waals surface area contributed by atoms with E-state index in [4.69, 9.17) is 10.5 Å². The monoisotopic (exact) mass is 392 g/mol. The van der Waals surface area contributed by atoms with Gasteiger partial charge in [0, 0.05) is 16.8 Å². The second kappa shape index (κ2) is 7.49. The molecule has 2 aromatic carbocycles. The third-order valence-corrected chi connectivity index (χ3v) is 4.64. The Balaban J connectivity index is 1.78. The first-order valence-electron chi connectivity index (χ1n) is 8.32. The number of hydrogen-bond donors (Lipinski definition) is 3. The average molecular weight is 392 g/mol. The molecule has 0 aliphatic rings. The second-order valence-electron chi connectivity index (χ2n) is 5.86. The number of aromatic amines is 1. The lowest BCUT2D eigenvalue weighted by Crippen LogP contribution is -2.13. The molecule has 0 fully saturated rings. The van der Waals surface area contributed by atoms with Gasteiger partial charge in [0.05, 0.1) is 7.11 Å². The molecular formula is C19H16N6O2S. The van der Waals surface area contributed by atoms with Gasteiger partial charge >= 0.3 is 0 Å². The van der Waals surface area contributed by atoms with E-state index in [-0.39, 0.29) is 5.91 Å². The molecule has 4 rings (SSSR count). The lowest BCUT2D eigenvalue weighted by atomic mass is 10.1. The fourth-order valence-electron chi connectivity index (χ4n) is 2.71. The van der Waals surface area contributed by atoms with Gasteiger partial charge in [0.25, 0.3) is 5.91 Å². The number of carbonyl (C=O) groups excluding carboxylic acids is 1. The lowest BCUT2D eigenvalue weighted by Gasteiger charge is -2.04. The number of amides is 1. The minimum absolute atomic E-state index is 0.317. The van der Waals surface area contributed by atoms with E-state index < -0.39 is 0 Å². The van der Waals surface area contributed by atoms with Crippen molar-refractivity contribution in [2.75, 3.05) is 18.2 Å². The van der Waals surface area contributed by atoms with Crippen LogP contribution in [0.1, 0.15) is 10.5 Å². The summed E-state index contributed by atoms with van der Waals surface area (Å²) < 4.78 is 5.21. The van der Waals surface area contributed by atoms with Gasteiger partial charge in [0.1, 0.15) is 28.5 Å². The average Bonchev–Trinajstić information content (AvgIpc) is 3.38. The summed E-state index contributed by atoms with van der Waals surface area (Å²) in [6.45, 7) is 0. The van der Waals surface area contributed by atoms with Gasteiger partial charge in [-0.25, -0.2) is 4.98 Å². The smallest absolute Gasteiger partial charge is 0.276 e. The van der Waals surface area contributed by atoms with E-state index in [0.717, 1.165) is 16.9 Å². The number of carbonyl (C=O) groups is 1. The molecule has 0 bridgehead atoms. The topological polar surface area (TPSA) is 119 Å². The van der Waals surface area contributed by atoms with Crippen molar-refractivity contribution in [1.29, 1.82) is 0 Å². The highest BCUT2D eigenvalue weighted by Gasteiger charge is 2.20. The maximum absolute atomic E-state index is 12.8. The minimum atomic E-state index is -0.356. The first kappa shape index (κ1) is 17.7. The van der Waals surface area contributed by atoms with Crippen LogP contribution in [0.4, 0.5) is 10.8 Å². The van der Waals surface area contributed by atoms with Crippen molar-refractivity contribution < 1.29 is 9.53 Å². The number of imidazole rings is 1. The van der Waals surface area contributed by atoms with Gasteiger partial charge in [-0.15, -0.1) is 10.2 Å². The maximum Gasteiger partial charge on any atom is 0.276 e. The highest BCUT2D eigenvalue weighted by atomic mass is 32.1. The van der Waals surface area contributed by atoms with Crippen molar-refractivity contribution in [1.82, 2.24) is 20.2 Å². The summed E-state index contributed by atoms with van der Waals surface area (Å²) in [5.74, 6) is 0.904. The first-order valence-corrected chi connectivity index (χ1v) is 9.20. The molecule has 0 aliphatic heterocycles. The van der Waals surface area contributed by atoms with Crippen molar-refractivity contribution in [2.45, 2.75) is 0 Å². The molecule has 0 aliphatic carbocycles. The highest BCUT2D eigenvalue weighted by Crippen LogP contribution is 2.29. The van der Waals surface area contributed by atoms with E-state index in [1.807, 2.05) is 36.4 Å². The van der Waals surface area contributed by atoms with Gasteiger partial charge in [-0.3, -0.25) is 10.1 Å². The van der Waals surface area contributed by atoms with Gasteiger partial charge in [-0.2, -0.15) is 0 Å². The summed E-state index contributed by atoms with van der Waals surface area (Å²) in [5.41, 5.74) is 10.4. The van der Waals surface area contributed by atoms with Crippen LogP contribution in [0, 0.1) is 0 Å². The highest BCUT2D eigenvalue weighted by molar-refractivity contribution is 7.13. The third-order valence-electron chi connectivity index (χ3n) is 4.03. The fraction of sp³-hybridized carbons (Fsp3) is 0.0526. The molecule has 0 atom stereocenters. The third kappa shape index (κ3) is 3.55. The molecule has 0 saturated heterocycles. The molecule has 2 aromatic heterocycles. The van der Waals surface area contributed by atoms with Crippen LogP contribution in [0.25, 0.3) is 22.6 Å². The number of anilines is 2. The van der Waals surface area contributed by atoms with Crippen LogP contribution < -0.4 is 15.8 Å². The maximum atomic E-state index is 12.8. The molecule has 0 spiro atoms. The first-order chi connectivity index (χ1) is 13.6. The number of nitrogens with one attached hydrogen (secondary N) is 2. The van der Waals surface area contributed by atoms with Gasteiger partial charge in [0.15, 0.2) is 0 Å². The predicted molar refractivity (Wildman–Crippen MR) is 108 cm³/mol. The van der Waals surface area contributed by atoms with Crippen LogP contribution >= 0.6 is 11.3 Å². The standard InChI is InChI=1S/C19H16N6O2S/c1-27-14-7-5-11(6-8-14)15-16(18(26)24-19-25-21-10-28-19)23-17(22-15)12-3-2-4-13(20)9-12/h2-10H,20H2,1H3,(H,22,23)(H,24,25,26). The van der Waals surface area contributed by atoms with Crippen molar-refractivity contribution in [2.24, 2.45) is 0 Å². The summed E-state index contributed by atoms with van der Waals surface area (Å²) in [6.07, 6.45) is 0. The van der Waals surface area contributed by atoms with Gasteiger partial charge in [0.2, 0.25) is 5.13 Å². The second-order valence-corrected chi connectivity index (χ2v) is 6.69. The molecular weight excluding hydrogens is 376 g/mol. The van der Waals surface area contributed by atoms with Gasteiger partial charge < -0.3 is 15.5 Å². The number of nitrogens with zero attached hydrogens (tertiary/aromatic N) is 3. The number of aromatic nitrogens is 4. The number of methoxy groups -OCH3 is 1. The Hall–Kier alpha value is -3.72. The molecule has 28 heavy (non-hydrogen) atoms. The SMILES string of the molecule is COc1ccc(-c2nc(-c3cccc(N)c3)[nH]c2C(=O)Nc2nncs2)cc1. The number of H-pyrrole nitrogens is 1. The lowest BCUT2D eigenvalue weighted by molar-refractivity contribution is 0.102. The van der Waals surface area contributed by atoms with E-state index in [1.165, 1.54) is 11.3 Å². The molecule has 2 heterocycles. The van der Waals surface area contributed by atoms with Crippen LogP contribution in [0.2, 0.25) is 0 Å². The number of ether oxygens (including phenoxy) is 1. The zero-order chi connectivity index (χ0) is 19.5. The predicted octanol–water partition coefficient (Wildman–Crippen LogP) is 3.44. The Bertz CT molecular complexity index is 1110. The number of nitrogen functional groups attached to an aromatic ring is 1. The molecule has 0 radical (unpaired) electrons. The van der Waals surface area contributed by atoms with E-state index >= 15 is 0 Å². The van der Waals surface area contributed by atoms with E-state index in [9.17, 15) is 4.79 Å².